The predicted molar refractivity (Wildman–Crippen MR) is 53.2 cm³/mol. The number of halogens is 1. The third kappa shape index (κ3) is 2.73. The molecule has 1 aromatic rings. The molecule has 1 aromatic heterocycles. The van der Waals surface area contributed by atoms with E-state index in [0.29, 0.717) is 24.6 Å². The van der Waals surface area contributed by atoms with E-state index in [-0.39, 0.29) is 5.97 Å². The van der Waals surface area contributed by atoms with Gasteiger partial charge in [0.2, 0.25) is 0 Å². The van der Waals surface area contributed by atoms with Gasteiger partial charge in [-0.15, -0.1) is 0 Å². The van der Waals surface area contributed by atoms with E-state index in [1.165, 1.54) is 0 Å². The topological polar surface area (TPSA) is 44.1 Å². The Hall–Kier alpha value is -1.03. The van der Waals surface area contributed by atoms with Gasteiger partial charge in [-0.3, -0.25) is 9.48 Å². The first-order valence-electron chi connectivity index (χ1n) is 4.48. The largest absolute Gasteiger partial charge is 0.466 e. The highest BCUT2D eigenvalue weighted by Gasteiger charge is 2.06. The molecule has 1 rings (SSSR count). The molecule has 14 heavy (non-hydrogen) atoms. The van der Waals surface area contributed by atoms with E-state index in [4.69, 9.17) is 16.3 Å². The molecule has 0 aromatic carbocycles. The monoisotopic (exact) mass is 216 g/mol. The summed E-state index contributed by atoms with van der Waals surface area (Å²) < 4.78 is 6.49. The molecule has 0 N–H and O–H groups in total. The molecular formula is C9H13ClN2O2. The molecule has 0 unspecified atom stereocenters. The van der Waals surface area contributed by atoms with Crippen molar-refractivity contribution in [1.82, 2.24) is 9.78 Å². The van der Waals surface area contributed by atoms with Crippen LogP contribution >= 0.6 is 11.6 Å². The maximum absolute atomic E-state index is 11.0. The van der Waals surface area contributed by atoms with Crippen LogP contribution in [0.15, 0.2) is 6.20 Å². The number of ether oxygens (including phenoxy) is 1. The van der Waals surface area contributed by atoms with Crippen LogP contribution in [0.5, 0.6) is 0 Å². The molecule has 0 spiro atoms. The van der Waals surface area contributed by atoms with E-state index in [1.807, 2.05) is 6.92 Å². The van der Waals surface area contributed by atoms with E-state index in [9.17, 15) is 4.79 Å². The Kier molecular flexibility index (Phi) is 3.95. The van der Waals surface area contributed by atoms with Gasteiger partial charge in [-0.25, -0.2) is 0 Å². The summed E-state index contributed by atoms with van der Waals surface area (Å²) in [5.41, 5.74) is 0.871. The number of carbonyl (C=O) groups is 1. The highest BCUT2D eigenvalue weighted by molar-refractivity contribution is 6.31. The summed E-state index contributed by atoms with van der Waals surface area (Å²) in [7, 11) is 0. The molecule has 5 heteroatoms. The molecule has 78 valence electrons. The SMILES string of the molecule is CCOC(=O)CCn1ncc(Cl)c1C. The highest BCUT2D eigenvalue weighted by atomic mass is 35.5. The molecular weight excluding hydrogens is 204 g/mol. The Morgan fingerprint density at radius 2 is 2.43 bits per heavy atom. The van der Waals surface area contributed by atoms with Crippen LogP contribution in [0.4, 0.5) is 0 Å². The molecule has 4 nitrogen and oxygen atoms in total. The van der Waals surface area contributed by atoms with Crippen molar-refractivity contribution in [2.75, 3.05) is 6.61 Å². The van der Waals surface area contributed by atoms with Gasteiger partial charge < -0.3 is 4.74 Å². The minimum absolute atomic E-state index is 0.210. The van der Waals surface area contributed by atoms with Gasteiger partial charge in [-0.1, -0.05) is 11.6 Å². The summed E-state index contributed by atoms with van der Waals surface area (Å²) in [5, 5.41) is 4.64. The normalized spacial score (nSPS) is 10.2. The maximum atomic E-state index is 11.0. The van der Waals surface area contributed by atoms with Crippen molar-refractivity contribution >= 4 is 17.6 Å². The number of aromatic nitrogens is 2. The Bertz CT molecular complexity index is 323. The first-order valence-corrected chi connectivity index (χ1v) is 4.86. The van der Waals surface area contributed by atoms with E-state index in [1.54, 1.807) is 17.8 Å². The lowest BCUT2D eigenvalue weighted by molar-refractivity contribution is -0.143. The number of hydrogen-bond donors (Lipinski definition) is 0. The lowest BCUT2D eigenvalue weighted by atomic mass is 10.4. The Morgan fingerprint density at radius 3 is 2.93 bits per heavy atom. The van der Waals surface area contributed by atoms with Crippen LogP contribution in [0.25, 0.3) is 0 Å². The highest BCUT2D eigenvalue weighted by Crippen LogP contribution is 2.13. The molecule has 0 aliphatic rings. The number of nitrogens with zero attached hydrogens (tertiary/aromatic N) is 2. The second-order valence-corrected chi connectivity index (χ2v) is 3.26. The lowest BCUT2D eigenvalue weighted by Gasteiger charge is -2.03. The van der Waals surface area contributed by atoms with Crippen molar-refractivity contribution in [3.05, 3.63) is 16.9 Å². The number of aryl methyl sites for hydroxylation is 1. The fraction of sp³-hybridized carbons (Fsp3) is 0.556. The maximum Gasteiger partial charge on any atom is 0.307 e. The van der Waals surface area contributed by atoms with Gasteiger partial charge >= 0.3 is 5.97 Å². The number of rotatable bonds is 4. The first kappa shape index (κ1) is 11.0. The van der Waals surface area contributed by atoms with Crippen LogP contribution < -0.4 is 0 Å². The number of hydrogen-bond acceptors (Lipinski definition) is 3. The Labute approximate surface area is 87.8 Å². The predicted octanol–water partition coefficient (Wildman–Crippen LogP) is 1.80. The molecule has 0 bridgehead atoms. The molecule has 0 fully saturated rings. The molecule has 1 heterocycles. The summed E-state index contributed by atoms with van der Waals surface area (Å²) in [5.74, 6) is -0.210. The second-order valence-electron chi connectivity index (χ2n) is 2.86. The summed E-state index contributed by atoms with van der Waals surface area (Å²) in [6.45, 7) is 4.57. The van der Waals surface area contributed by atoms with Gasteiger partial charge in [0.1, 0.15) is 0 Å². The van der Waals surface area contributed by atoms with Crippen LogP contribution in [0.3, 0.4) is 0 Å². The second kappa shape index (κ2) is 5.00. The fourth-order valence-corrected chi connectivity index (χ4v) is 1.22. The molecule has 0 saturated carbocycles. The lowest BCUT2D eigenvalue weighted by Crippen LogP contribution is -2.10. The molecule has 0 amide bonds. The minimum atomic E-state index is -0.210. The van der Waals surface area contributed by atoms with Crippen LogP contribution in [0.1, 0.15) is 19.0 Å². The molecule has 0 aliphatic carbocycles. The summed E-state index contributed by atoms with van der Waals surface area (Å²) in [4.78, 5) is 11.0. The minimum Gasteiger partial charge on any atom is -0.466 e. The summed E-state index contributed by atoms with van der Waals surface area (Å²) in [6.07, 6.45) is 1.90. The van der Waals surface area contributed by atoms with E-state index in [0.717, 1.165) is 5.69 Å². The van der Waals surface area contributed by atoms with Crippen LogP contribution in [0, 0.1) is 6.92 Å². The Balaban J connectivity index is 2.46. The number of esters is 1. The van der Waals surface area contributed by atoms with E-state index >= 15 is 0 Å². The van der Waals surface area contributed by atoms with E-state index in [2.05, 4.69) is 5.10 Å². The fourth-order valence-electron chi connectivity index (χ4n) is 1.08. The zero-order chi connectivity index (χ0) is 10.6. The quantitative estimate of drug-likeness (QED) is 0.721. The zero-order valence-electron chi connectivity index (χ0n) is 8.29. The van der Waals surface area contributed by atoms with Gasteiger partial charge in [0.15, 0.2) is 0 Å². The van der Waals surface area contributed by atoms with Crippen molar-refractivity contribution in [3.8, 4) is 0 Å². The van der Waals surface area contributed by atoms with Gasteiger partial charge in [-0.05, 0) is 13.8 Å². The van der Waals surface area contributed by atoms with Crippen molar-refractivity contribution < 1.29 is 9.53 Å². The zero-order valence-corrected chi connectivity index (χ0v) is 9.04. The molecule has 0 saturated heterocycles. The first-order chi connectivity index (χ1) is 6.65. The smallest absolute Gasteiger partial charge is 0.307 e. The average molecular weight is 217 g/mol. The van der Waals surface area contributed by atoms with Crippen LogP contribution in [-0.4, -0.2) is 22.4 Å². The third-order valence-corrected chi connectivity index (χ3v) is 2.25. The van der Waals surface area contributed by atoms with Crippen LogP contribution in [0.2, 0.25) is 5.02 Å². The average Bonchev–Trinajstić information content (AvgIpc) is 2.46. The van der Waals surface area contributed by atoms with Crippen molar-refractivity contribution in [2.24, 2.45) is 0 Å². The van der Waals surface area contributed by atoms with Crippen molar-refractivity contribution in [1.29, 1.82) is 0 Å². The van der Waals surface area contributed by atoms with Gasteiger partial charge in [-0.2, -0.15) is 5.10 Å². The standard InChI is InChI=1S/C9H13ClN2O2/c1-3-14-9(13)4-5-12-7(2)8(10)6-11-12/h6H,3-5H2,1-2H3. The van der Waals surface area contributed by atoms with Crippen molar-refractivity contribution in [2.45, 2.75) is 26.8 Å². The summed E-state index contributed by atoms with van der Waals surface area (Å²) in [6, 6.07) is 0. The van der Waals surface area contributed by atoms with Crippen molar-refractivity contribution in [3.63, 3.8) is 0 Å². The van der Waals surface area contributed by atoms with Gasteiger partial charge in [0.05, 0.1) is 36.5 Å². The molecule has 0 radical (unpaired) electrons. The molecule has 0 atom stereocenters. The number of carbonyl (C=O) groups excluding carboxylic acids is 1. The van der Waals surface area contributed by atoms with E-state index < -0.39 is 0 Å². The summed E-state index contributed by atoms with van der Waals surface area (Å²) >= 11 is 5.81. The van der Waals surface area contributed by atoms with Crippen LogP contribution in [-0.2, 0) is 16.1 Å². The third-order valence-electron chi connectivity index (χ3n) is 1.88. The molecule has 0 aliphatic heterocycles. The Morgan fingerprint density at radius 1 is 1.71 bits per heavy atom. The van der Waals surface area contributed by atoms with Gasteiger partial charge in [0, 0.05) is 0 Å². The van der Waals surface area contributed by atoms with Gasteiger partial charge in [0.25, 0.3) is 0 Å².